The Bertz CT molecular complexity index is 886. The van der Waals surface area contributed by atoms with Gasteiger partial charge in [-0.3, -0.25) is 14.4 Å². The van der Waals surface area contributed by atoms with Crippen molar-refractivity contribution in [3.05, 3.63) is 52.4 Å². The lowest BCUT2D eigenvalue weighted by atomic mass is 10.1. The first-order valence-corrected chi connectivity index (χ1v) is 9.26. The number of hydrogen-bond acceptors (Lipinski definition) is 4. The van der Waals surface area contributed by atoms with E-state index in [9.17, 15) is 14.4 Å². The SMILES string of the molecule is CC(=O)Nc1ccc(NC(=O)COc2c(C)n(CCC(C)C)ccc2=O)cc1. The monoisotopic (exact) mass is 385 g/mol. The molecular weight excluding hydrogens is 358 g/mol. The molecule has 1 aromatic carbocycles. The molecule has 1 aromatic heterocycles. The number of carbonyl (C=O) groups excluding carboxylic acids is 2. The van der Waals surface area contributed by atoms with Crippen molar-refractivity contribution in [2.24, 2.45) is 5.92 Å². The Kier molecular flexibility index (Phi) is 7.37. The minimum absolute atomic E-state index is 0.164. The van der Waals surface area contributed by atoms with Crippen LogP contribution in [0.4, 0.5) is 11.4 Å². The van der Waals surface area contributed by atoms with Crippen LogP contribution in [0.5, 0.6) is 5.75 Å². The van der Waals surface area contributed by atoms with Crippen LogP contribution in [0.1, 0.15) is 32.9 Å². The molecule has 0 saturated carbocycles. The first kappa shape index (κ1) is 21.2. The average Bonchev–Trinajstić information content (AvgIpc) is 2.62. The van der Waals surface area contributed by atoms with Crippen molar-refractivity contribution in [1.29, 1.82) is 0 Å². The van der Waals surface area contributed by atoms with E-state index in [1.807, 2.05) is 11.5 Å². The zero-order valence-electron chi connectivity index (χ0n) is 16.7. The van der Waals surface area contributed by atoms with Gasteiger partial charge >= 0.3 is 0 Å². The van der Waals surface area contributed by atoms with Crippen LogP contribution in [-0.4, -0.2) is 23.0 Å². The Labute approximate surface area is 164 Å². The number of nitrogens with one attached hydrogen (secondary N) is 2. The van der Waals surface area contributed by atoms with Gasteiger partial charge in [0.25, 0.3) is 5.91 Å². The van der Waals surface area contributed by atoms with E-state index in [0.29, 0.717) is 23.0 Å². The van der Waals surface area contributed by atoms with Crippen molar-refractivity contribution >= 4 is 23.2 Å². The third kappa shape index (κ3) is 6.26. The third-order valence-corrected chi connectivity index (χ3v) is 4.17. The highest BCUT2D eigenvalue weighted by Gasteiger charge is 2.12. The zero-order chi connectivity index (χ0) is 20.7. The summed E-state index contributed by atoms with van der Waals surface area (Å²) in [5.74, 6) is 0.208. The van der Waals surface area contributed by atoms with Crippen molar-refractivity contribution in [3.63, 3.8) is 0 Å². The van der Waals surface area contributed by atoms with Gasteiger partial charge in [-0.15, -0.1) is 0 Å². The Balaban J connectivity index is 1.97. The normalized spacial score (nSPS) is 10.6. The molecule has 0 saturated heterocycles. The molecule has 0 bridgehead atoms. The molecule has 1 heterocycles. The lowest BCUT2D eigenvalue weighted by Crippen LogP contribution is -2.23. The molecule has 2 aromatic rings. The fourth-order valence-electron chi connectivity index (χ4n) is 2.64. The molecule has 7 heteroatoms. The molecule has 28 heavy (non-hydrogen) atoms. The van der Waals surface area contributed by atoms with Gasteiger partial charge in [-0.1, -0.05) is 13.8 Å². The number of benzene rings is 1. The largest absolute Gasteiger partial charge is 0.478 e. The molecule has 2 rings (SSSR count). The van der Waals surface area contributed by atoms with Gasteiger partial charge in [-0.25, -0.2) is 0 Å². The van der Waals surface area contributed by atoms with Crippen molar-refractivity contribution in [3.8, 4) is 5.75 Å². The number of rotatable bonds is 8. The van der Waals surface area contributed by atoms with Crippen LogP contribution in [0.3, 0.4) is 0 Å². The molecule has 150 valence electrons. The number of aryl methyl sites for hydroxylation is 1. The fourth-order valence-corrected chi connectivity index (χ4v) is 2.64. The Morgan fingerprint density at radius 3 is 2.25 bits per heavy atom. The highest BCUT2D eigenvalue weighted by molar-refractivity contribution is 5.93. The fraction of sp³-hybridized carbons (Fsp3) is 0.381. The zero-order valence-corrected chi connectivity index (χ0v) is 16.7. The maximum Gasteiger partial charge on any atom is 0.262 e. The van der Waals surface area contributed by atoms with Gasteiger partial charge in [0.2, 0.25) is 11.3 Å². The van der Waals surface area contributed by atoms with Crippen LogP contribution in [0.25, 0.3) is 0 Å². The minimum atomic E-state index is -0.372. The summed E-state index contributed by atoms with van der Waals surface area (Å²) >= 11 is 0. The van der Waals surface area contributed by atoms with Crippen LogP contribution in [0.15, 0.2) is 41.3 Å². The van der Waals surface area contributed by atoms with Gasteiger partial charge in [-0.05, 0) is 43.5 Å². The number of hydrogen-bond donors (Lipinski definition) is 2. The molecule has 0 aliphatic rings. The number of amides is 2. The Morgan fingerprint density at radius 2 is 1.68 bits per heavy atom. The Morgan fingerprint density at radius 1 is 1.07 bits per heavy atom. The average molecular weight is 385 g/mol. The minimum Gasteiger partial charge on any atom is -0.478 e. The molecule has 0 unspecified atom stereocenters. The predicted molar refractivity (Wildman–Crippen MR) is 110 cm³/mol. The van der Waals surface area contributed by atoms with E-state index in [1.54, 1.807) is 30.5 Å². The van der Waals surface area contributed by atoms with E-state index >= 15 is 0 Å². The maximum absolute atomic E-state index is 12.2. The van der Waals surface area contributed by atoms with E-state index in [-0.39, 0.29) is 29.6 Å². The molecule has 0 aliphatic carbocycles. The summed E-state index contributed by atoms with van der Waals surface area (Å²) in [4.78, 5) is 35.3. The summed E-state index contributed by atoms with van der Waals surface area (Å²) in [6, 6.07) is 8.19. The number of ether oxygens (including phenoxy) is 1. The van der Waals surface area contributed by atoms with Crippen LogP contribution < -0.4 is 20.8 Å². The van der Waals surface area contributed by atoms with Crippen molar-refractivity contribution in [1.82, 2.24) is 4.57 Å². The first-order valence-electron chi connectivity index (χ1n) is 9.26. The number of pyridine rings is 1. The second kappa shape index (κ2) is 9.73. The Hall–Kier alpha value is -3.09. The molecule has 2 N–H and O–H groups in total. The molecule has 0 fully saturated rings. The van der Waals surface area contributed by atoms with Gasteiger partial charge in [0, 0.05) is 37.1 Å². The summed E-state index contributed by atoms with van der Waals surface area (Å²) in [5, 5.41) is 5.35. The summed E-state index contributed by atoms with van der Waals surface area (Å²) in [6.45, 7) is 8.04. The van der Waals surface area contributed by atoms with Crippen LogP contribution in [-0.2, 0) is 16.1 Å². The van der Waals surface area contributed by atoms with Crippen LogP contribution >= 0.6 is 0 Å². The first-order chi connectivity index (χ1) is 13.3. The lowest BCUT2D eigenvalue weighted by Gasteiger charge is -2.15. The van der Waals surface area contributed by atoms with E-state index in [2.05, 4.69) is 24.5 Å². The van der Waals surface area contributed by atoms with Gasteiger partial charge in [-0.2, -0.15) is 0 Å². The molecule has 0 radical (unpaired) electrons. The second-order valence-corrected chi connectivity index (χ2v) is 7.07. The number of carbonyl (C=O) groups is 2. The summed E-state index contributed by atoms with van der Waals surface area (Å²) < 4.78 is 7.49. The van der Waals surface area contributed by atoms with E-state index in [1.165, 1.54) is 13.0 Å². The maximum atomic E-state index is 12.2. The van der Waals surface area contributed by atoms with E-state index < -0.39 is 0 Å². The topological polar surface area (TPSA) is 89.4 Å². The quantitative estimate of drug-likeness (QED) is 0.730. The highest BCUT2D eigenvalue weighted by atomic mass is 16.5. The number of nitrogens with zero attached hydrogens (tertiary/aromatic N) is 1. The van der Waals surface area contributed by atoms with Gasteiger partial charge in [0.15, 0.2) is 12.4 Å². The smallest absolute Gasteiger partial charge is 0.262 e. The number of aromatic nitrogens is 1. The molecule has 7 nitrogen and oxygen atoms in total. The standard InChI is InChI=1S/C21H27N3O4/c1-14(2)9-11-24-12-10-19(26)21(15(24)3)28-13-20(27)23-18-7-5-17(6-8-18)22-16(4)25/h5-8,10,12,14H,9,11,13H2,1-4H3,(H,22,25)(H,23,27). The molecule has 0 atom stereocenters. The van der Waals surface area contributed by atoms with E-state index in [0.717, 1.165) is 13.0 Å². The molecule has 0 aliphatic heterocycles. The van der Waals surface area contributed by atoms with Gasteiger partial charge in [0.05, 0.1) is 5.69 Å². The lowest BCUT2D eigenvalue weighted by molar-refractivity contribution is -0.118. The van der Waals surface area contributed by atoms with E-state index in [4.69, 9.17) is 4.74 Å². The van der Waals surface area contributed by atoms with Crippen molar-refractivity contribution < 1.29 is 14.3 Å². The molecule has 0 spiro atoms. The van der Waals surface area contributed by atoms with Gasteiger partial charge in [0.1, 0.15) is 0 Å². The highest BCUT2D eigenvalue weighted by Crippen LogP contribution is 2.15. The summed E-state index contributed by atoms with van der Waals surface area (Å²) in [6.07, 6.45) is 2.74. The van der Waals surface area contributed by atoms with Crippen molar-refractivity contribution in [2.75, 3.05) is 17.2 Å². The van der Waals surface area contributed by atoms with Crippen LogP contribution in [0.2, 0.25) is 0 Å². The van der Waals surface area contributed by atoms with Crippen molar-refractivity contribution in [2.45, 2.75) is 40.7 Å². The molecular formula is C21H27N3O4. The number of anilines is 2. The molecule has 2 amide bonds. The van der Waals surface area contributed by atoms with Crippen LogP contribution in [0, 0.1) is 12.8 Å². The van der Waals surface area contributed by atoms with Gasteiger partial charge < -0.3 is 19.9 Å². The second-order valence-electron chi connectivity index (χ2n) is 7.07. The predicted octanol–water partition coefficient (Wildman–Crippen LogP) is 3.18. The summed E-state index contributed by atoms with van der Waals surface area (Å²) in [5.41, 5.74) is 1.68. The third-order valence-electron chi connectivity index (χ3n) is 4.17. The summed E-state index contributed by atoms with van der Waals surface area (Å²) in [7, 11) is 0.